The second-order valence-corrected chi connectivity index (χ2v) is 6.11. The third-order valence-corrected chi connectivity index (χ3v) is 4.09. The summed E-state index contributed by atoms with van der Waals surface area (Å²) in [6, 6.07) is 9.91. The van der Waals surface area contributed by atoms with Crippen molar-refractivity contribution in [2.75, 3.05) is 13.6 Å². The van der Waals surface area contributed by atoms with Crippen LogP contribution in [0, 0.1) is 19.8 Å². The van der Waals surface area contributed by atoms with Gasteiger partial charge in [-0.2, -0.15) is 5.10 Å². The van der Waals surface area contributed by atoms with Crippen LogP contribution >= 0.6 is 0 Å². The zero-order valence-corrected chi connectivity index (χ0v) is 14.5. The topological polar surface area (TPSA) is 75.4 Å². The lowest BCUT2D eigenvalue weighted by Gasteiger charge is -2.19. The van der Waals surface area contributed by atoms with Crippen LogP contribution in [0.2, 0.25) is 0 Å². The molecule has 0 aliphatic rings. The molecular weight excluding hydrogens is 306 g/mol. The van der Waals surface area contributed by atoms with Crippen LogP contribution in [0.4, 0.5) is 0 Å². The molecule has 1 amide bonds. The summed E-state index contributed by atoms with van der Waals surface area (Å²) in [4.78, 5) is 25.1. The van der Waals surface area contributed by atoms with Crippen molar-refractivity contribution in [1.29, 1.82) is 0 Å². The summed E-state index contributed by atoms with van der Waals surface area (Å²) in [5.74, 6) is -1.72. The number of aromatic nitrogens is 2. The molecule has 6 nitrogen and oxygen atoms in total. The molecule has 1 aromatic carbocycles. The standard InChI is InChI=1S/C18H23N3O3/c1-12(18(23)24)10-20(4)17(22)16-13(2)19-21(14(16)3)11-15-8-6-5-7-9-15/h5-9,12H,10-11H2,1-4H3,(H,23,24)/t12-/m1/s1. The van der Waals surface area contributed by atoms with Gasteiger partial charge in [-0.05, 0) is 19.4 Å². The second-order valence-electron chi connectivity index (χ2n) is 6.11. The number of carboxylic acid groups (broad SMARTS) is 1. The van der Waals surface area contributed by atoms with Crippen LogP contribution in [0.3, 0.4) is 0 Å². The van der Waals surface area contributed by atoms with Gasteiger partial charge in [-0.25, -0.2) is 0 Å². The Hall–Kier alpha value is -2.63. The number of nitrogens with zero attached hydrogens (tertiary/aromatic N) is 3. The van der Waals surface area contributed by atoms with E-state index in [1.807, 2.05) is 41.9 Å². The number of hydrogen-bond donors (Lipinski definition) is 1. The first-order chi connectivity index (χ1) is 11.3. The number of carbonyl (C=O) groups excluding carboxylic acids is 1. The quantitative estimate of drug-likeness (QED) is 0.882. The minimum atomic E-state index is -0.914. The van der Waals surface area contributed by atoms with E-state index in [1.54, 1.807) is 20.9 Å². The van der Waals surface area contributed by atoms with E-state index < -0.39 is 11.9 Å². The molecule has 0 saturated carbocycles. The Morgan fingerprint density at radius 2 is 1.88 bits per heavy atom. The van der Waals surface area contributed by atoms with Crippen LogP contribution in [0.25, 0.3) is 0 Å². The number of amides is 1. The summed E-state index contributed by atoms with van der Waals surface area (Å²) >= 11 is 0. The molecule has 2 aromatic rings. The molecule has 0 unspecified atom stereocenters. The molecular formula is C18H23N3O3. The van der Waals surface area contributed by atoms with Crippen LogP contribution in [0.1, 0.15) is 34.2 Å². The van der Waals surface area contributed by atoms with Crippen molar-refractivity contribution < 1.29 is 14.7 Å². The highest BCUT2D eigenvalue weighted by Crippen LogP contribution is 2.17. The number of hydrogen-bond acceptors (Lipinski definition) is 3. The van der Waals surface area contributed by atoms with E-state index in [9.17, 15) is 9.59 Å². The van der Waals surface area contributed by atoms with Gasteiger partial charge in [-0.1, -0.05) is 37.3 Å². The lowest BCUT2D eigenvalue weighted by molar-refractivity contribution is -0.141. The van der Waals surface area contributed by atoms with E-state index in [4.69, 9.17) is 5.11 Å². The number of aliphatic carboxylic acids is 1. The van der Waals surface area contributed by atoms with Gasteiger partial charge in [0.05, 0.1) is 23.7 Å². The molecule has 1 heterocycles. The highest BCUT2D eigenvalue weighted by Gasteiger charge is 2.24. The maximum absolute atomic E-state index is 12.7. The molecule has 0 fully saturated rings. The van der Waals surface area contributed by atoms with E-state index in [1.165, 1.54) is 4.90 Å². The zero-order valence-electron chi connectivity index (χ0n) is 14.5. The number of rotatable bonds is 6. The second kappa shape index (κ2) is 7.29. The maximum Gasteiger partial charge on any atom is 0.308 e. The highest BCUT2D eigenvalue weighted by molar-refractivity contribution is 5.96. The van der Waals surface area contributed by atoms with Gasteiger partial charge in [0.25, 0.3) is 5.91 Å². The molecule has 0 radical (unpaired) electrons. The van der Waals surface area contributed by atoms with E-state index >= 15 is 0 Å². The molecule has 0 bridgehead atoms. The number of carboxylic acids is 1. The molecule has 128 valence electrons. The van der Waals surface area contributed by atoms with Crippen molar-refractivity contribution in [2.24, 2.45) is 5.92 Å². The molecule has 24 heavy (non-hydrogen) atoms. The monoisotopic (exact) mass is 329 g/mol. The van der Waals surface area contributed by atoms with Crippen LogP contribution in [0.5, 0.6) is 0 Å². The Morgan fingerprint density at radius 3 is 2.46 bits per heavy atom. The van der Waals surface area contributed by atoms with Gasteiger partial charge in [-0.3, -0.25) is 14.3 Å². The van der Waals surface area contributed by atoms with Gasteiger partial charge in [0.1, 0.15) is 0 Å². The lowest BCUT2D eigenvalue weighted by atomic mass is 10.1. The third kappa shape index (κ3) is 3.82. The van der Waals surface area contributed by atoms with Gasteiger partial charge >= 0.3 is 5.97 Å². The van der Waals surface area contributed by atoms with Gasteiger partial charge in [0.15, 0.2) is 0 Å². The predicted octanol–water partition coefficient (Wildman–Crippen LogP) is 2.34. The number of benzene rings is 1. The summed E-state index contributed by atoms with van der Waals surface area (Å²) in [7, 11) is 1.62. The Labute approximate surface area is 141 Å². The fraction of sp³-hybridized carbons (Fsp3) is 0.389. The van der Waals surface area contributed by atoms with E-state index in [-0.39, 0.29) is 12.5 Å². The van der Waals surface area contributed by atoms with Gasteiger partial charge in [0.2, 0.25) is 0 Å². The molecule has 1 aromatic heterocycles. The van der Waals surface area contributed by atoms with E-state index in [0.29, 0.717) is 17.8 Å². The molecule has 2 rings (SSSR count). The van der Waals surface area contributed by atoms with Crippen LogP contribution < -0.4 is 0 Å². The molecule has 0 spiro atoms. The predicted molar refractivity (Wildman–Crippen MR) is 91.0 cm³/mol. The van der Waals surface area contributed by atoms with Crippen LogP contribution in [0.15, 0.2) is 30.3 Å². The van der Waals surface area contributed by atoms with Crippen molar-refractivity contribution >= 4 is 11.9 Å². The lowest BCUT2D eigenvalue weighted by Crippen LogP contribution is -2.34. The minimum absolute atomic E-state index is 0.164. The Morgan fingerprint density at radius 1 is 1.25 bits per heavy atom. The molecule has 6 heteroatoms. The molecule has 0 aliphatic heterocycles. The Bertz CT molecular complexity index is 737. The first-order valence-electron chi connectivity index (χ1n) is 7.87. The average Bonchev–Trinajstić information content (AvgIpc) is 2.81. The summed E-state index contributed by atoms with van der Waals surface area (Å²) in [5, 5.41) is 13.5. The average molecular weight is 329 g/mol. The normalized spacial score (nSPS) is 12.0. The molecule has 0 saturated heterocycles. The van der Waals surface area contributed by atoms with Gasteiger partial charge < -0.3 is 10.0 Å². The van der Waals surface area contributed by atoms with Crippen molar-refractivity contribution in [3.63, 3.8) is 0 Å². The zero-order chi connectivity index (χ0) is 17.9. The fourth-order valence-electron chi connectivity index (χ4n) is 2.68. The molecule has 1 N–H and O–H groups in total. The Kier molecular flexibility index (Phi) is 5.39. The summed E-state index contributed by atoms with van der Waals surface area (Å²) < 4.78 is 1.81. The van der Waals surface area contributed by atoms with E-state index in [2.05, 4.69) is 5.10 Å². The summed E-state index contributed by atoms with van der Waals surface area (Å²) in [6.45, 7) is 6.01. The van der Waals surface area contributed by atoms with Crippen molar-refractivity contribution in [3.8, 4) is 0 Å². The minimum Gasteiger partial charge on any atom is -0.481 e. The van der Waals surface area contributed by atoms with Crippen LogP contribution in [-0.2, 0) is 11.3 Å². The first-order valence-corrected chi connectivity index (χ1v) is 7.87. The largest absolute Gasteiger partial charge is 0.481 e. The number of carbonyl (C=O) groups is 2. The highest BCUT2D eigenvalue weighted by atomic mass is 16.4. The van der Waals surface area contributed by atoms with Crippen molar-refractivity contribution in [1.82, 2.24) is 14.7 Å². The van der Waals surface area contributed by atoms with Gasteiger partial charge in [0, 0.05) is 19.3 Å². The number of aryl methyl sites for hydroxylation is 1. The molecule has 1 atom stereocenters. The first kappa shape index (κ1) is 17.7. The maximum atomic E-state index is 12.7. The Balaban J connectivity index is 2.21. The fourth-order valence-corrected chi connectivity index (χ4v) is 2.68. The van der Waals surface area contributed by atoms with Crippen molar-refractivity contribution in [2.45, 2.75) is 27.3 Å². The van der Waals surface area contributed by atoms with E-state index in [0.717, 1.165) is 11.3 Å². The molecule has 0 aliphatic carbocycles. The SMILES string of the molecule is Cc1nn(Cc2ccccc2)c(C)c1C(=O)N(C)C[C@@H](C)C(=O)O. The summed E-state index contributed by atoms with van der Waals surface area (Å²) in [5.41, 5.74) is 3.10. The van der Waals surface area contributed by atoms with Gasteiger partial charge in [-0.15, -0.1) is 0 Å². The smallest absolute Gasteiger partial charge is 0.308 e. The van der Waals surface area contributed by atoms with Crippen LogP contribution in [-0.4, -0.2) is 45.3 Å². The third-order valence-electron chi connectivity index (χ3n) is 4.09. The summed E-state index contributed by atoms with van der Waals surface area (Å²) in [6.07, 6.45) is 0. The van der Waals surface area contributed by atoms with Crippen molar-refractivity contribution in [3.05, 3.63) is 52.8 Å².